The molecule has 0 atom stereocenters. The van der Waals surface area contributed by atoms with E-state index >= 15 is 0 Å². The molecule has 0 aliphatic carbocycles. The highest BCUT2D eigenvalue weighted by molar-refractivity contribution is 7.99. The van der Waals surface area contributed by atoms with Crippen molar-refractivity contribution < 1.29 is 14.3 Å². The van der Waals surface area contributed by atoms with E-state index < -0.39 is 0 Å². The van der Waals surface area contributed by atoms with Crippen LogP contribution >= 0.6 is 11.8 Å². The third kappa shape index (κ3) is 6.14. The summed E-state index contributed by atoms with van der Waals surface area (Å²) < 4.78 is 13.1. The number of carbonyl (C=O) groups excluding carboxylic acids is 1. The molecule has 33 heavy (non-hydrogen) atoms. The fourth-order valence-corrected chi connectivity index (χ4v) is 4.03. The maximum absolute atomic E-state index is 12.3. The summed E-state index contributed by atoms with van der Waals surface area (Å²) in [6.07, 6.45) is 0.360. The summed E-state index contributed by atoms with van der Waals surface area (Å²) >= 11 is 1.48. The number of hydrogen-bond acceptors (Lipinski definition) is 6. The summed E-state index contributed by atoms with van der Waals surface area (Å²) in [6.45, 7) is 0.253. The van der Waals surface area contributed by atoms with Crippen LogP contribution in [-0.4, -0.2) is 33.5 Å². The Bertz CT molecular complexity index is 1170. The number of anilines is 1. The largest absolute Gasteiger partial charge is 0.497 e. The van der Waals surface area contributed by atoms with Crippen molar-refractivity contribution in [2.45, 2.75) is 18.2 Å². The zero-order valence-electron chi connectivity index (χ0n) is 18.2. The van der Waals surface area contributed by atoms with E-state index in [4.69, 9.17) is 9.47 Å². The van der Waals surface area contributed by atoms with Gasteiger partial charge in [-0.05, 0) is 48.5 Å². The summed E-state index contributed by atoms with van der Waals surface area (Å²) in [5.41, 5.74) is 1.73. The SMILES string of the molecule is COc1ccc(OCc2nnc(SCCC(=O)Nc3ccccc3)n2-c2ccccc2)cc1. The number of methoxy groups -OCH3 is 1. The average molecular weight is 461 g/mol. The molecule has 4 rings (SSSR count). The maximum Gasteiger partial charge on any atom is 0.225 e. The Morgan fingerprint density at radius 1 is 0.909 bits per heavy atom. The summed E-state index contributed by atoms with van der Waals surface area (Å²) in [5, 5.41) is 12.3. The number of amides is 1. The molecule has 0 aliphatic rings. The Hall–Kier alpha value is -3.78. The molecule has 3 aromatic carbocycles. The minimum absolute atomic E-state index is 0.0393. The maximum atomic E-state index is 12.3. The van der Waals surface area contributed by atoms with Crippen LogP contribution in [0.25, 0.3) is 5.69 Å². The smallest absolute Gasteiger partial charge is 0.225 e. The van der Waals surface area contributed by atoms with E-state index in [0.717, 1.165) is 17.1 Å². The van der Waals surface area contributed by atoms with E-state index in [0.29, 0.717) is 28.9 Å². The van der Waals surface area contributed by atoms with Crippen molar-refractivity contribution in [3.05, 3.63) is 90.8 Å². The van der Waals surface area contributed by atoms with Crippen LogP contribution < -0.4 is 14.8 Å². The Labute approximate surface area is 196 Å². The molecule has 7 nitrogen and oxygen atoms in total. The Kier molecular flexibility index (Phi) is 7.60. The molecule has 0 radical (unpaired) electrons. The molecule has 0 aliphatic heterocycles. The first-order valence-electron chi connectivity index (χ1n) is 10.5. The summed E-state index contributed by atoms with van der Waals surface area (Å²) in [6, 6.07) is 26.7. The molecule has 0 spiro atoms. The van der Waals surface area contributed by atoms with Gasteiger partial charge in [-0.2, -0.15) is 0 Å². The number of rotatable bonds is 10. The fraction of sp³-hybridized carbons (Fsp3) is 0.160. The van der Waals surface area contributed by atoms with Gasteiger partial charge >= 0.3 is 0 Å². The molecule has 8 heteroatoms. The summed E-state index contributed by atoms with van der Waals surface area (Å²) in [4.78, 5) is 12.3. The van der Waals surface area contributed by atoms with E-state index in [1.165, 1.54) is 11.8 Å². The molecule has 0 bridgehead atoms. The second-order valence-corrected chi connectivity index (χ2v) is 8.11. The van der Waals surface area contributed by atoms with Crippen molar-refractivity contribution >= 4 is 23.4 Å². The van der Waals surface area contributed by atoms with E-state index in [1.54, 1.807) is 7.11 Å². The van der Waals surface area contributed by atoms with Crippen molar-refractivity contribution in [2.75, 3.05) is 18.2 Å². The van der Waals surface area contributed by atoms with Gasteiger partial charge in [0.15, 0.2) is 11.0 Å². The zero-order valence-corrected chi connectivity index (χ0v) is 19.0. The molecule has 0 unspecified atom stereocenters. The van der Waals surface area contributed by atoms with Crippen LogP contribution in [0, 0.1) is 0 Å². The van der Waals surface area contributed by atoms with Gasteiger partial charge < -0.3 is 14.8 Å². The van der Waals surface area contributed by atoms with Gasteiger partial charge in [-0.15, -0.1) is 10.2 Å². The van der Waals surface area contributed by atoms with Gasteiger partial charge in [0.2, 0.25) is 5.91 Å². The van der Waals surface area contributed by atoms with Crippen LogP contribution in [-0.2, 0) is 11.4 Å². The van der Waals surface area contributed by atoms with Gasteiger partial charge in [0.05, 0.1) is 7.11 Å². The average Bonchev–Trinajstić information content (AvgIpc) is 3.27. The van der Waals surface area contributed by atoms with Gasteiger partial charge in [-0.3, -0.25) is 9.36 Å². The molecular weight excluding hydrogens is 436 g/mol. The lowest BCUT2D eigenvalue weighted by Gasteiger charge is -2.11. The lowest BCUT2D eigenvalue weighted by Crippen LogP contribution is -2.12. The van der Waals surface area contributed by atoms with Crippen LogP contribution in [0.4, 0.5) is 5.69 Å². The second-order valence-electron chi connectivity index (χ2n) is 7.05. The minimum atomic E-state index is -0.0393. The first-order valence-corrected chi connectivity index (χ1v) is 11.5. The third-order valence-electron chi connectivity index (χ3n) is 4.76. The van der Waals surface area contributed by atoms with E-state index in [-0.39, 0.29) is 12.5 Å². The highest BCUT2D eigenvalue weighted by Crippen LogP contribution is 2.24. The van der Waals surface area contributed by atoms with Gasteiger partial charge in [0.1, 0.15) is 18.1 Å². The fourth-order valence-electron chi connectivity index (χ4n) is 3.12. The Morgan fingerprint density at radius 2 is 1.58 bits per heavy atom. The van der Waals surface area contributed by atoms with E-state index in [2.05, 4.69) is 15.5 Å². The van der Waals surface area contributed by atoms with Crippen molar-refractivity contribution in [3.8, 4) is 17.2 Å². The van der Waals surface area contributed by atoms with Crippen molar-refractivity contribution in [1.82, 2.24) is 14.8 Å². The highest BCUT2D eigenvalue weighted by Gasteiger charge is 2.16. The number of nitrogens with one attached hydrogen (secondary N) is 1. The predicted molar refractivity (Wildman–Crippen MR) is 129 cm³/mol. The highest BCUT2D eigenvalue weighted by atomic mass is 32.2. The second kappa shape index (κ2) is 11.2. The molecule has 4 aromatic rings. The quantitative estimate of drug-likeness (QED) is 0.337. The van der Waals surface area contributed by atoms with Crippen molar-refractivity contribution in [3.63, 3.8) is 0 Å². The van der Waals surface area contributed by atoms with Gasteiger partial charge in [-0.25, -0.2) is 0 Å². The molecule has 168 valence electrons. The number of hydrogen-bond donors (Lipinski definition) is 1. The normalized spacial score (nSPS) is 10.6. The molecule has 1 aromatic heterocycles. The monoisotopic (exact) mass is 460 g/mol. The summed E-state index contributed by atoms with van der Waals surface area (Å²) in [7, 11) is 1.63. The lowest BCUT2D eigenvalue weighted by atomic mass is 10.3. The van der Waals surface area contributed by atoms with Gasteiger partial charge in [0.25, 0.3) is 0 Å². The van der Waals surface area contributed by atoms with Crippen LogP contribution in [0.5, 0.6) is 11.5 Å². The molecular formula is C25H24N4O3S. The van der Waals surface area contributed by atoms with Gasteiger partial charge in [0, 0.05) is 23.5 Å². The van der Waals surface area contributed by atoms with Crippen LogP contribution in [0.2, 0.25) is 0 Å². The van der Waals surface area contributed by atoms with Crippen molar-refractivity contribution in [2.24, 2.45) is 0 Å². The first-order chi connectivity index (χ1) is 16.2. The lowest BCUT2D eigenvalue weighted by molar-refractivity contribution is -0.115. The molecule has 0 fully saturated rings. The third-order valence-corrected chi connectivity index (χ3v) is 5.69. The van der Waals surface area contributed by atoms with E-state index in [9.17, 15) is 4.79 Å². The van der Waals surface area contributed by atoms with Crippen LogP contribution in [0.1, 0.15) is 12.2 Å². The number of carbonyl (C=O) groups is 1. The first kappa shape index (κ1) is 22.4. The van der Waals surface area contributed by atoms with Crippen LogP contribution in [0.15, 0.2) is 90.1 Å². The van der Waals surface area contributed by atoms with E-state index in [1.807, 2.05) is 89.5 Å². The number of para-hydroxylation sites is 2. The molecule has 1 N–H and O–H groups in total. The number of ether oxygens (including phenoxy) is 2. The summed E-state index contributed by atoms with van der Waals surface area (Å²) in [5.74, 6) is 2.69. The molecule has 0 saturated carbocycles. The topological polar surface area (TPSA) is 78.3 Å². The minimum Gasteiger partial charge on any atom is -0.497 e. The molecule has 1 heterocycles. The number of thioether (sulfide) groups is 1. The number of nitrogens with zero attached hydrogens (tertiary/aromatic N) is 3. The van der Waals surface area contributed by atoms with Gasteiger partial charge in [-0.1, -0.05) is 48.2 Å². The van der Waals surface area contributed by atoms with Crippen LogP contribution in [0.3, 0.4) is 0 Å². The number of benzene rings is 3. The standard InChI is InChI=1S/C25H24N4O3S/c1-31-21-12-14-22(15-13-21)32-18-23-27-28-25(29(23)20-10-6-3-7-11-20)33-17-16-24(30)26-19-8-4-2-5-9-19/h2-15H,16-18H2,1H3,(H,26,30). The van der Waals surface area contributed by atoms with Crippen molar-refractivity contribution in [1.29, 1.82) is 0 Å². The Morgan fingerprint density at radius 3 is 2.27 bits per heavy atom. The molecule has 1 amide bonds. The predicted octanol–water partition coefficient (Wildman–Crippen LogP) is 4.98. The molecule has 0 saturated heterocycles. The Balaban J connectivity index is 1.42. The zero-order chi connectivity index (χ0) is 22.9. The number of aromatic nitrogens is 3.